The van der Waals surface area contributed by atoms with E-state index >= 15 is 0 Å². The molecule has 10 heteroatoms. The average molecular weight is 426 g/mol. The van der Waals surface area contributed by atoms with E-state index in [1.54, 1.807) is 17.6 Å². The second-order valence-electron chi connectivity index (χ2n) is 5.90. The lowest BCUT2D eigenvalue weighted by molar-refractivity contribution is -0.384. The van der Waals surface area contributed by atoms with Crippen LogP contribution >= 0.6 is 22.9 Å². The summed E-state index contributed by atoms with van der Waals surface area (Å²) in [4.78, 5) is 31.8. The van der Waals surface area contributed by atoms with Crippen molar-refractivity contribution >= 4 is 39.7 Å². The van der Waals surface area contributed by atoms with Crippen molar-refractivity contribution in [2.45, 2.75) is 0 Å². The number of nitrogens with zero attached hydrogens (tertiary/aromatic N) is 4. The Hall–Kier alpha value is -3.56. The fourth-order valence-electron chi connectivity index (χ4n) is 2.72. The number of amides is 1. The molecular weight excluding hydrogens is 414 g/mol. The molecule has 1 amide bonds. The molecule has 8 nitrogen and oxygen atoms in total. The van der Waals surface area contributed by atoms with Gasteiger partial charge in [-0.2, -0.15) is 0 Å². The van der Waals surface area contributed by atoms with Gasteiger partial charge in [0.05, 0.1) is 16.9 Å². The number of hydrogen-bond donors (Lipinski definition) is 1. The van der Waals surface area contributed by atoms with Gasteiger partial charge in [0, 0.05) is 40.0 Å². The molecule has 0 aliphatic carbocycles. The first kappa shape index (κ1) is 18.8. The van der Waals surface area contributed by atoms with Crippen molar-refractivity contribution in [1.29, 1.82) is 0 Å². The van der Waals surface area contributed by atoms with Crippen LogP contribution in [-0.4, -0.2) is 25.4 Å². The van der Waals surface area contributed by atoms with Gasteiger partial charge in [0.1, 0.15) is 5.69 Å². The number of nitro groups is 1. The Kier molecular flexibility index (Phi) is 5.07. The smallest absolute Gasteiger partial charge is 0.294 e. The normalized spacial score (nSPS) is 10.7. The number of carbonyl (C=O) groups is 1. The van der Waals surface area contributed by atoms with Crippen LogP contribution in [0.2, 0.25) is 5.02 Å². The number of anilines is 1. The summed E-state index contributed by atoms with van der Waals surface area (Å²) in [5.74, 6) is -0.495. The molecule has 144 valence electrons. The molecule has 0 bridgehead atoms. The highest BCUT2D eigenvalue weighted by molar-refractivity contribution is 7.14. The van der Waals surface area contributed by atoms with Crippen LogP contribution in [0, 0.1) is 10.1 Å². The maximum atomic E-state index is 12.6. The van der Waals surface area contributed by atoms with Gasteiger partial charge in [-0.3, -0.25) is 20.2 Å². The molecule has 0 saturated heterocycles. The molecule has 0 fully saturated rings. The maximum absolute atomic E-state index is 12.6. The number of hydrogen-bond acceptors (Lipinski definition) is 6. The first-order valence-electron chi connectivity index (χ1n) is 8.31. The van der Waals surface area contributed by atoms with Crippen molar-refractivity contribution in [1.82, 2.24) is 14.5 Å². The van der Waals surface area contributed by atoms with Crippen LogP contribution < -0.4 is 5.32 Å². The van der Waals surface area contributed by atoms with E-state index in [4.69, 9.17) is 11.6 Å². The van der Waals surface area contributed by atoms with E-state index in [1.165, 1.54) is 46.6 Å². The lowest BCUT2D eigenvalue weighted by Gasteiger charge is -2.06. The lowest BCUT2D eigenvalue weighted by atomic mass is 10.1. The second kappa shape index (κ2) is 7.82. The summed E-state index contributed by atoms with van der Waals surface area (Å²) >= 11 is 7.42. The lowest BCUT2D eigenvalue weighted by Crippen LogP contribution is -2.12. The van der Waals surface area contributed by atoms with Gasteiger partial charge in [-0.15, -0.1) is 11.3 Å². The molecule has 2 heterocycles. The van der Waals surface area contributed by atoms with E-state index in [0.717, 1.165) is 5.56 Å². The summed E-state index contributed by atoms with van der Waals surface area (Å²) in [5, 5.41) is 16.8. The first-order valence-corrected chi connectivity index (χ1v) is 9.57. The minimum absolute atomic E-state index is 0.148. The van der Waals surface area contributed by atoms with Crippen LogP contribution in [0.5, 0.6) is 0 Å². The van der Waals surface area contributed by atoms with Gasteiger partial charge < -0.3 is 4.57 Å². The number of benzene rings is 2. The third-order valence-corrected chi connectivity index (χ3v) is 5.18. The third-order valence-electron chi connectivity index (χ3n) is 4.09. The fraction of sp³-hybridized carbons (Fsp3) is 0. The monoisotopic (exact) mass is 425 g/mol. The first-order chi connectivity index (χ1) is 14.0. The molecule has 0 saturated carbocycles. The number of rotatable bonds is 5. The van der Waals surface area contributed by atoms with Gasteiger partial charge >= 0.3 is 0 Å². The quantitative estimate of drug-likeness (QED) is 0.365. The average Bonchev–Trinajstić information content (AvgIpc) is 3.40. The molecule has 0 radical (unpaired) electrons. The molecule has 0 spiro atoms. The third kappa shape index (κ3) is 3.86. The molecule has 1 N–H and O–H groups in total. The summed E-state index contributed by atoms with van der Waals surface area (Å²) in [6.07, 6.45) is 4.56. The molecule has 4 rings (SSSR count). The Labute approximate surface area is 173 Å². The molecule has 2 aromatic carbocycles. The molecule has 0 atom stereocenters. The highest BCUT2D eigenvalue weighted by Gasteiger charge is 2.19. The zero-order valence-electron chi connectivity index (χ0n) is 14.7. The molecule has 29 heavy (non-hydrogen) atoms. The van der Waals surface area contributed by atoms with Crippen LogP contribution in [0.1, 0.15) is 10.4 Å². The van der Waals surface area contributed by atoms with Crippen LogP contribution in [0.25, 0.3) is 16.9 Å². The summed E-state index contributed by atoms with van der Waals surface area (Å²) in [5.41, 5.74) is 1.66. The van der Waals surface area contributed by atoms with Crippen LogP contribution in [0.3, 0.4) is 0 Å². The molecule has 0 aliphatic heterocycles. The number of aromatic nitrogens is 3. The van der Waals surface area contributed by atoms with Crippen molar-refractivity contribution in [3.05, 3.63) is 87.3 Å². The van der Waals surface area contributed by atoms with E-state index in [0.29, 0.717) is 21.5 Å². The van der Waals surface area contributed by atoms with Gasteiger partial charge in [-0.05, 0) is 18.2 Å². The minimum atomic E-state index is -0.537. The Bertz CT molecular complexity index is 1210. The maximum Gasteiger partial charge on any atom is 0.294 e. The largest absolute Gasteiger partial charge is 0.300 e. The highest BCUT2D eigenvalue weighted by atomic mass is 35.5. The van der Waals surface area contributed by atoms with Crippen molar-refractivity contribution in [3.63, 3.8) is 0 Å². The number of halogens is 1. The summed E-state index contributed by atoms with van der Waals surface area (Å²) in [6, 6.07) is 11.5. The van der Waals surface area contributed by atoms with Crippen LogP contribution in [0.15, 0.2) is 66.6 Å². The van der Waals surface area contributed by atoms with Gasteiger partial charge in [0.2, 0.25) is 0 Å². The van der Waals surface area contributed by atoms with E-state index in [1.807, 2.05) is 18.2 Å². The SMILES string of the molecule is O=C(Nc1nc(-c2ccccc2Cl)cs1)c1ccc(-n2ccnc2)c([N+](=O)[O-])c1. The molecule has 2 aromatic heterocycles. The predicted molar refractivity (Wildman–Crippen MR) is 111 cm³/mol. The minimum Gasteiger partial charge on any atom is -0.300 e. The molecule has 4 aromatic rings. The predicted octanol–water partition coefficient (Wildman–Crippen LogP) is 4.81. The van der Waals surface area contributed by atoms with Crippen molar-refractivity contribution in [3.8, 4) is 16.9 Å². The number of imidazole rings is 1. The summed E-state index contributed by atoms with van der Waals surface area (Å²) in [6.45, 7) is 0. The number of thiazole rings is 1. The molecular formula is C19H12ClN5O3S. The molecule has 0 aliphatic rings. The highest BCUT2D eigenvalue weighted by Crippen LogP contribution is 2.31. The Morgan fingerprint density at radius 1 is 1.24 bits per heavy atom. The zero-order valence-corrected chi connectivity index (χ0v) is 16.2. The van der Waals surface area contributed by atoms with E-state index in [2.05, 4.69) is 15.3 Å². The Morgan fingerprint density at radius 2 is 2.07 bits per heavy atom. The van der Waals surface area contributed by atoms with Crippen molar-refractivity contribution in [2.75, 3.05) is 5.32 Å². The summed E-state index contributed by atoms with van der Waals surface area (Å²) < 4.78 is 1.51. The second-order valence-corrected chi connectivity index (χ2v) is 7.17. The van der Waals surface area contributed by atoms with Crippen molar-refractivity contribution < 1.29 is 9.72 Å². The zero-order chi connectivity index (χ0) is 20.4. The fourth-order valence-corrected chi connectivity index (χ4v) is 3.66. The Balaban J connectivity index is 1.59. The molecule has 0 unspecified atom stereocenters. The van der Waals surface area contributed by atoms with Gasteiger partial charge in [-0.1, -0.05) is 29.8 Å². The van der Waals surface area contributed by atoms with Gasteiger partial charge in [0.15, 0.2) is 5.13 Å². The van der Waals surface area contributed by atoms with E-state index < -0.39 is 10.8 Å². The summed E-state index contributed by atoms with van der Waals surface area (Å²) in [7, 11) is 0. The number of nitrogens with one attached hydrogen (secondary N) is 1. The van der Waals surface area contributed by atoms with Gasteiger partial charge in [-0.25, -0.2) is 9.97 Å². The van der Waals surface area contributed by atoms with E-state index in [-0.39, 0.29) is 11.3 Å². The van der Waals surface area contributed by atoms with Crippen LogP contribution in [0.4, 0.5) is 10.8 Å². The topological polar surface area (TPSA) is 103 Å². The van der Waals surface area contributed by atoms with Crippen LogP contribution in [-0.2, 0) is 0 Å². The van der Waals surface area contributed by atoms with E-state index in [9.17, 15) is 14.9 Å². The van der Waals surface area contributed by atoms with Gasteiger partial charge in [0.25, 0.3) is 11.6 Å². The van der Waals surface area contributed by atoms with Crippen molar-refractivity contribution in [2.24, 2.45) is 0 Å². The Morgan fingerprint density at radius 3 is 2.79 bits per heavy atom. The standard InChI is InChI=1S/C19H12ClN5O3S/c20-14-4-2-1-3-13(14)15-10-29-19(22-15)23-18(26)12-5-6-16(17(9-12)25(27)28)24-8-7-21-11-24/h1-11H,(H,22,23,26). The number of carbonyl (C=O) groups excluding carboxylic acids is 1. The number of nitro benzene ring substituents is 1.